The highest BCUT2D eigenvalue weighted by atomic mass is 16.7. The van der Waals surface area contributed by atoms with Crippen molar-refractivity contribution in [3.05, 3.63) is 59.7 Å². The smallest absolute Gasteiger partial charge is 0.189 e. The molecule has 6 nitrogen and oxygen atoms in total. The van der Waals surface area contributed by atoms with Gasteiger partial charge in [-0.2, -0.15) is 0 Å². The van der Waals surface area contributed by atoms with E-state index in [-0.39, 0.29) is 12.9 Å². The molecule has 0 radical (unpaired) electrons. The highest BCUT2D eigenvalue weighted by molar-refractivity contribution is 5.44. The maximum atomic E-state index is 5.75. The van der Waals surface area contributed by atoms with Crippen LogP contribution in [0.3, 0.4) is 0 Å². The van der Waals surface area contributed by atoms with Crippen LogP contribution in [0.5, 0.6) is 23.0 Å². The number of hydrogen-bond acceptors (Lipinski definition) is 6. The second-order valence-corrected chi connectivity index (χ2v) is 6.87. The Bertz CT molecular complexity index is 828. The first-order chi connectivity index (χ1) is 14.7. The Morgan fingerprint density at radius 3 is 1.93 bits per heavy atom. The lowest BCUT2D eigenvalue weighted by Gasteiger charge is -2.11. The van der Waals surface area contributed by atoms with Crippen molar-refractivity contribution >= 4 is 0 Å². The lowest BCUT2D eigenvalue weighted by molar-refractivity contribution is 0.0209. The van der Waals surface area contributed by atoms with E-state index in [2.05, 4.69) is 18.2 Å². The first-order valence-electron chi connectivity index (χ1n) is 10.2. The van der Waals surface area contributed by atoms with Crippen LogP contribution < -0.4 is 18.9 Å². The first kappa shape index (κ1) is 22.0. The van der Waals surface area contributed by atoms with E-state index in [1.807, 2.05) is 37.3 Å². The summed E-state index contributed by atoms with van der Waals surface area (Å²) in [4.78, 5) is 0. The van der Waals surface area contributed by atoms with Gasteiger partial charge in [0.2, 0.25) is 0 Å². The molecule has 3 rings (SSSR count). The molecular weight excluding hydrogens is 384 g/mol. The monoisotopic (exact) mass is 414 g/mol. The molecule has 2 aromatic carbocycles. The summed E-state index contributed by atoms with van der Waals surface area (Å²) in [5.41, 5.74) is 2.31. The minimum Gasteiger partial charge on any atom is -0.493 e. The molecule has 2 aromatic rings. The van der Waals surface area contributed by atoms with E-state index in [4.69, 9.17) is 28.4 Å². The van der Waals surface area contributed by atoms with Gasteiger partial charge in [0.25, 0.3) is 0 Å². The van der Waals surface area contributed by atoms with Crippen LogP contribution in [0.1, 0.15) is 18.1 Å². The van der Waals surface area contributed by atoms with Crippen LogP contribution in [0, 0.1) is 0 Å². The van der Waals surface area contributed by atoms with Crippen LogP contribution in [-0.2, 0) is 22.3 Å². The first-order valence-corrected chi connectivity index (χ1v) is 10.2. The van der Waals surface area contributed by atoms with Crippen LogP contribution >= 0.6 is 0 Å². The van der Waals surface area contributed by atoms with Gasteiger partial charge < -0.3 is 28.4 Å². The standard InChI is InChI=1S/C24H30O6/c1-4-27-17-30-22-12-10-19(14-24(22)26-3)8-6-5-7-18-9-11-21(23(13-18)25-2)29-16-20-15-28-20/h5-6,9-14,20H,4,7-8,15-17H2,1-3H3/b6-5+. The van der Waals surface area contributed by atoms with Crippen LogP contribution in [0.25, 0.3) is 0 Å². The molecule has 162 valence electrons. The number of allylic oxidation sites excluding steroid dienone is 2. The van der Waals surface area contributed by atoms with Crippen molar-refractivity contribution in [2.24, 2.45) is 0 Å². The highest BCUT2D eigenvalue weighted by Crippen LogP contribution is 2.30. The molecule has 0 saturated carbocycles. The van der Waals surface area contributed by atoms with E-state index in [0.717, 1.165) is 42.1 Å². The molecule has 1 saturated heterocycles. The van der Waals surface area contributed by atoms with Crippen molar-refractivity contribution < 1.29 is 28.4 Å². The van der Waals surface area contributed by atoms with E-state index in [9.17, 15) is 0 Å². The van der Waals surface area contributed by atoms with Crippen molar-refractivity contribution in [3.8, 4) is 23.0 Å². The Morgan fingerprint density at radius 2 is 1.43 bits per heavy atom. The van der Waals surface area contributed by atoms with Gasteiger partial charge in [0.1, 0.15) is 12.7 Å². The number of benzene rings is 2. The lowest BCUT2D eigenvalue weighted by Crippen LogP contribution is -2.05. The summed E-state index contributed by atoms with van der Waals surface area (Å²) in [6.45, 7) is 4.10. The Labute approximate surface area is 178 Å². The molecule has 0 amide bonds. The zero-order chi connectivity index (χ0) is 21.2. The number of epoxide rings is 1. The molecule has 1 heterocycles. The van der Waals surface area contributed by atoms with Gasteiger partial charge >= 0.3 is 0 Å². The minimum absolute atomic E-state index is 0.216. The van der Waals surface area contributed by atoms with Gasteiger partial charge in [0.15, 0.2) is 29.8 Å². The summed E-state index contributed by atoms with van der Waals surface area (Å²) in [6.07, 6.45) is 6.15. The number of ether oxygens (including phenoxy) is 6. The van der Waals surface area contributed by atoms with Crippen molar-refractivity contribution in [2.45, 2.75) is 25.9 Å². The Hall–Kier alpha value is -2.70. The molecule has 1 fully saturated rings. The van der Waals surface area contributed by atoms with E-state index in [0.29, 0.717) is 24.7 Å². The van der Waals surface area contributed by atoms with Crippen LogP contribution in [-0.4, -0.2) is 46.9 Å². The van der Waals surface area contributed by atoms with Gasteiger partial charge in [0.05, 0.1) is 20.8 Å². The zero-order valence-electron chi connectivity index (χ0n) is 17.9. The second kappa shape index (κ2) is 11.5. The lowest BCUT2D eigenvalue weighted by atomic mass is 10.1. The maximum absolute atomic E-state index is 5.75. The summed E-state index contributed by atoms with van der Waals surface area (Å²) < 4.78 is 32.6. The van der Waals surface area contributed by atoms with Gasteiger partial charge in [-0.1, -0.05) is 24.3 Å². The van der Waals surface area contributed by atoms with Gasteiger partial charge in [-0.05, 0) is 55.2 Å². The van der Waals surface area contributed by atoms with E-state index in [1.54, 1.807) is 14.2 Å². The zero-order valence-corrected chi connectivity index (χ0v) is 17.9. The minimum atomic E-state index is 0.216. The number of methoxy groups -OCH3 is 2. The molecule has 30 heavy (non-hydrogen) atoms. The molecule has 1 aliphatic heterocycles. The second-order valence-electron chi connectivity index (χ2n) is 6.87. The molecule has 0 aromatic heterocycles. The SMILES string of the molecule is CCOCOc1ccc(C/C=C/Cc2ccc(OCC3CO3)c(OC)c2)cc1OC. The van der Waals surface area contributed by atoms with Crippen molar-refractivity contribution in [2.75, 3.05) is 40.8 Å². The van der Waals surface area contributed by atoms with Gasteiger partial charge in [-0.3, -0.25) is 0 Å². The van der Waals surface area contributed by atoms with E-state index < -0.39 is 0 Å². The Balaban J connectivity index is 1.52. The Kier molecular flexibility index (Phi) is 8.41. The van der Waals surface area contributed by atoms with Gasteiger partial charge in [-0.15, -0.1) is 0 Å². The highest BCUT2D eigenvalue weighted by Gasteiger charge is 2.23. The summed E-state index contributed by atoms with van der Waals surface area (Å²) in [5, 5.41) is 0. The summed E-state index contributed by atoms with van der Waals surface area (Å²) in [6, 6.07) is 12.0. The molecule has 1 aliphatic rings. The Morgan fingerprint density at radius 1 is 0.867 bits per heavy atom. The van der Waals surface area contributed by atoms with E-state index >= 15 is 0 Å². The maximum Gasteiger partial charge on any atom is 0.189 e. The summed E-state index contributed by atoms with van der Waals surface area (Å²) in [5.74, 6) is 2.88. The molecule has 1 atom stereocenters. The predicted molar refractivity (Wildman–Crippen MR) is 115 cm³/mol. The molecular formula is C24H30O6. The van der Waals surface area contributed by atoms with Gasteiger partial charge in [0, 0.05) is 6.61 Å². The normalized spacial score (nSPS) is 15.2. The van der Waals surface area contributed by atoms with Crippen molar-refractivity contribution in [1.29, 1.82) is 0 Å². The number of hydrogen-bond donors (Lipinski definition) is 0. The van der Waals surface area contributed by atoms with Crippen LogP contribution in [0.4, 0.5) is 0 Å². The van der Waals surface area contributed by atoms with Crippen LogP contribution in [0.15, 0.2) is 48.6 Å². The quantitative estimate of drug-likeness (QED) is 0.212. The molecule has 0 aliphatic carbocycles. The average Bonchev–Trinajstić information content (AvgIpc) is 3.61. The number of rotatable bonds is 13. The third-order valence-corrected chi connectivity index (χ3v) is 4.66. The topological polar surface area (TPSA) is 58.7 Å². The fourth-order valence-corrected chi connectivity index (χ4v) is 2.89. The predicted octanol–water partition coefficient (Wildman–Crippen LogP) is 4.20. The van der Waals surface area contributed by atoms with Crippen LogP contribution in [0.2, 0.25) is 0 Å². The van der Waals surface area contributed by atoms with E-state index in [1.165, 1.54) is 0 Å². The molecule has 0 N–H and O–H groups in total. The third kappa shape index (κ3) is 6.68. The third-order valence-electron chi connectivity index (χ3n) is 4.66. The molecule has 6 heteroatoms. The fraction of sp³-hybridized carbons (Fsp3) is 0.417. The largest absolute Gasteiger partial charge is 0.493 e. The molecule has 0 spiro atoms. The fourth-order valence-electron chi connectivity index (χ4n) is 2.89. The van der Waals surface area contributed by atoms with Gasteiger partial charge in [-0.25, -0.2) is 0 Å². The van der Waals surface area contributed by atoms with Crippen molar-refractivity contribution in [3.63, 3.8) is 0 Å². The summed E-state index contributed by atoms with van der Waals surface area (Å²) >= 11 is 0. The molecule has 0 bridgehead atoms. The summed E-state index contributed by atoms with van der Waals surface area (Å²) in [7, 11) is 3.30. The van der Waals surface area contributed by atoms with Crippen molar-refractivity contribution in [1.82, 2.24) is 0 Å². The average molecular weight is 414 g/mol. The molecule has 1 unspecified atom stereocenters.